The molecule has 2 atom stereocenters. The molecule has 1 aromatic rings. The molecule has 0 aliphatic carbocycles. The van der Waals surface area contributed by atoms with Crippen LogP contribution in [0.1, 0.15) is 37.9 Å². The van der Waals surface area contributed by atoms with E-state index in [1.54, 1.807) is 6.92 Å². The molecule has 1 aliphatic heterocycles. The first-order valence-corrected chi connectivity index (χ1v) is 7.98. The summed E-state index contributed by atoms with van der Waals surface area (Å²) in [5.74, 6) is 0.541. The predicted molar refractivity (Wildman–Crippen MR) is 71.0 cm³/mol. The molecule has 0 saturated carbocycles. The van der Waals surface area contributed by atoms with E-state index in [-0.39, 0.29) is 17.7 Å². The molecule has 6 nitrogen and oxygen atoms in total. The lowest BCUT2D eigenvalue weighted by Crippen LogP contribution is -2.44. The first-order chi connectivity index (χ1) is 8.87. The quantitative estimate of drug-likeness (QED) is 0.869. The van der Waals surface area contributed by atoms with E-state index in [4.69, 9.17) is 0 Å². The van der Waals surface area contributed by atoms with E-state index in [0.717, 1.165) is 12.8 Å². The molecule has 0 radical (unpaired) electrons. The van der Waals surface area contributed by atoms with Crippen LogP contribution in [0.4, 0.5) is 0 Å². The summed E-state index contributed by atoms with van der Waals surface area (Å²) in [5, 5.41) is 15.8. The molecular formula is C12H21N3O3S. The van der Waals surface area contributed by atoms with Gasteiger partial charge in [-0.2, -0.15) is 9.40 Å². The lowest BCUT2D eigenvalue weighted by Gasteiger charge is -2.35. The molecule has 1 aromatic heterocycles. The summed E-state index contributed by atoms with van der Waals surface area (Å²) < 4.78 is 26.8. The van der Waals surface area contributed by atoms with Gasteiger partial charge in [0.25, 0.3) is 10.0 Å². The van der Waals surface area contributed by atoms with Gasteiger partial charge in [-0.15, -0.1) is 0 Å². The van der Waals surface area contributed by atoms with E-state index in [0.29, 0.717) is 23.7 Å². The van der Waals surface area contributed by atoms with Gasteiger partial charge in [0.15, 0.2) is 5.03 Å². The predicted octanol–water partition coefficient (Wildman–Crippen LogP) is 1.02. The maximum Gasteiger partial charge on any atom is 0.262 e. The number of hydrogen-bond acceptors (Lipinski definition) is 4. The second-order valence-electron chi connectivity index (χ2n) is 5.38. The molecule has 1 saturated heterocycles. The minimum Gasteiger partial charge on any atom is -0.392 e. The van der Waals surface area contributed by atoms with Gasteiger partial charge in [0.1, 0.15) is 0 Å². The van der Waals surface area contributed by atoms with Crippen LogP contribution in [0.3, 0.4) is 0 Å². The van der Waals surface area contributed by atoms with Crippen LogP contribution >= 0.6 is 0 Å². The molecule has 0 amide bonds. The number of piperidine rings is 1. The third kappa shape index (κ3) is 2.54. The Labute approximate surface area is 113 Å². The average Bonchev–Trinajstić information content (AvgIpc) is 2.70. The van der Waals surface area contributed by atoms with Crippen molar-refractivity contribution in [2.75, 3.05) is 6.54 Å². The highest BCUT2D eigenvalue weighted by Gasteiger charge is 2.36. The van der Waals surface area contributed by atoms with E-state index in [1.165, 1.54) is 4.31 Å². The Morgan fingerprint density at radius 3 is 2.74 bits per heavy atom. The maximum atomic E-state index is 12.6. The zero-order valence-corrected chi connectivity index (χ0v) is 12.4. The van der Waals surface area contributed by atoms with Crippen LogP contribution in [-0.4, -0.2) is 40.6 Å². The summed E-state index contributed by atoms with van der Waals surface area (Å²) in [6, 6.07) is -0.0303. The van der Waals surface area contributed by atoms with Gasteiger partial charge >= 0.3 is 0 Å². The van der Waals surface area contributed by atoms with Crippen LogP contribution in [0.25, 0.3) is 0 Å². The Hall–Kier alpha value is -0.920. The molecule has 0 bridgehead atoms. The lowest BCUT2D eigenvalue weighted by molar-refractivity contribution is 0.218. The Balaban J connectivity index is 2.37. The van der Waals surface area contributed by atoms with E-state index in [9.17, 15) is 13.5 Å². The molecular weight excluding hydrogens is 266 g/mol. The third-order valence-electron chi connectivity index (χ3n) is 3.82. The fourth-order valence-electron chi connectivity index (χ4n) is 2.68. The third-order valence-corrected chi connectivity index (χ3v) is 5.81. The number of aryl methyl sites for hydroxylation is 1. The zero-order chi connectivity index (χ0) is 14.2. The molecule has 2 heterocycles. The first-order valence-electron chi connectivity index (χ1n) is 6.54. The fourth-order valence-corrected chi connectivity index (χ4v) is 4.50. The van der Waals surface area contributed by atoms with Crippen molar-refractivity contribution in [2.45, 2.75) is 51.3 Å². The number of H-pyrrole nitrogens is 1. The molecule has 0 aromatic carbocycles. The second-order valence-corrected chi connectivity index (χ2v) is 7.19. The van der Waals surface area contributed by atoms with Crippen LogP contribution in [0, 0.1) is 12.8 Å². The molecule has 19 heavy (non-hydrogen) atoms. The van der Waals surface area contributed by atoms with E-state index in [2.05, 4.69) is 17.1 Å². The number of sulfonamides is 1. The number of aliphatic hydroxyl groups is 1. The summed E-state index contributed by atoms with van der Waals surface area (Å²) in [7, 11) is -3.63. The van der Waals surface area contributed by atoms with Crippen molar-refractivity contribution >= 4 is 10.0 Å². The van der Waals surface area contributed by atoms with Crippen LogP contribution in [0.15, 0.2) is 5.03 Å². The van der Waals surface area contributed by atoms with Crippen molar-refractivity contribution in [1.29, 1.82) is 0 Å². The number of nitrogens with zero attached hydrogens (tertiary/aromatic N) is 2. The van der Waals surface area contributed by atoms with Gasteiger partial charge < -0.3 is 5.11 Å². The minimum atomic E-state index is -3.63. The van der Waals surface area contributed by atoms with Gasteiger partial charge in [-0.05, 0) is 32.6 Å². The molecule has 2 N–H and O–H groups in total. The van der Waals surface area contributed by atoms with Gasteiger partial charge in [0, 0.05) is 23.8 Å². The van der Waals surface area contributed by atoms with Crippen LogP contribution < -0.4 is 0 Å². The Bertz CT molecular complexity index is 553. The summed E-state index contributed by atoms with van der Waals surface area (Å²) in [4.78, 5) is 0. The number of aliphatic hydroxyl groups excluding tert-OH is 1. The smallest absolute Gasteiger partial charge is 0.262 e. The van der Waals surface area contributed by atoms with Crippen molar-refractivity contribution in [2.24, 2.45) is 5.92 Å². The Morgan fingerprint density at radius 1 is 1.47 bits per heavy atom. The number of nitrogens with one attached hydrogen (secondary N) is 1. The van der Waals surface area contributed by atoms with Crippen LogP contribution in [0.2, 0.25) is 0 Å². The maximum absolute atomic E-state index is 12.6. The number of rotatable bonds is 3. The average molecular weight is 287 g/mol. The Kier molecular flexibility index (Phi) is 3.98. The Morgan fingerprint density at radius 2 is 2.16 bits per heavy atom. The first kappa shape index (κ1) is 14.5. The lowest BCUT2D eigenvalue weighted by atomic mass is 9.95. The molecule has 1 aliphatic rings. The monoisotopic (exact) mass is 287 g/mol. The highest BCUT2D eigenvalue weighted by atomic mass is 32.2. The van der Waals surface area contributed by atoms with E-state index >= 15 is 0 Å². The number of aromatic nitrogens is 2. The molecule has 2 unspecified atom stereocenters. The fraction of sp³-hybridized carbons (Fsp3) is 0.750. The van der Waals surface area contributed by atoms with Gasteiger partial charge in [-0.25, -0.2) is 8.42 Å². The van der Waals surface area contributed by atoms with Crippen LogP contribution in [0.5, 0.6) is 0 Å². The van der Waals surface area contributed by atoms with Crippen molar-refractivity contribution in [1.82, 2.24) is 14.5 Å². The topological polar surface area (TPSA) is 86.3 Å². The van der Waals surface area contributed by atoms with Gasteiger partial charge in [0.2, 0.25) is 0 Å². The second kappa shape index (κ2) is 5.22. The van der Waals surface area contributed by atoms with Crippen molar-refractivity contribution < 1.29 is 13.5 Å². The van der Waals surface area contributed by atoms with Gasteiger partial charge in [-0.1, -0.05) is 6.92 Å². The largest absolute Gasteiger partial charge is 0.392 e. The standard InChI is InChI=1S/C12H21N3O3S/c1-8-4-5-15(9(2)6-8)19(17,18)12-11(7-16)10(3)13-14-12/h8-9,16H,4-7H2,1-3H3,(H,13,14). The van der Waals surface area contributed by atoms with Crippen molar-refractivity contribution in [3.63, 3.8) is 0 Å². The molecule has 2 rings (SSSR count). The molecule has 0 spiro atoms. The van der Waals surface area contributed by atoms with E-state index in [1.807, 2.05) is 6.92 Å². The molecule has 1 fully saturated rings. The summed E-state index contributed by atoms with van der Waals surface area (Å²) >= 11 is 0. The summed E-state index contributed by atoms with van der Waals surface area (Å²) in [6.07, 6.45) is 1.72. The molecule has 108 valence electrons. The van der Waals surface area contributed by atoms with Crippen molar-refractivity contribution in [3.05, 3.63) is 11.3 Å². The highest BCUT2D eigenvalue weighted by Crippen LogP contribution is 2.29. The summed E-state index contributed by atoms with van der Waals surface area (Å²) in [5.41, 5.74) is 0.963. The number of aromatic amines is 1. The normalized spacial score (nSPS) is 25.7. The van der Waals surface area contributed by atoms with Crippen LogP contribution in [-0.2, 0) is 16.6 Å². The van der Waals surface area contributed by atoms with Gasteiger partial charge in [-0.3, -0.25) is 5.10 Å². The minimum absolute atomic E-state index is 0.0303. The van der Waals surface area contributed by atoms with E-state index < -0.39 is 10.0 Å². The number of hydrogen-bond donors (Lipinski definition) is 2. The highest BCUT2D eigenvalue weighted by molar-refractivity contribution is 7.89. The SMILES string of the molecule is Cc1[nH]nc(S(=O)(=O)N2CCC(C)CC2C)c1CO. The molecule has 7 heteroatoms. The van der Waals surface area contributed by atoms with Crippen molar-refractivity contribution in [3.8, 4) is 0 Å². The zero-order valence-electron chi connectivity index (χ0n) is 11.5. The summed E-state index contributed by atoms with van der Waals surface area (Å²) in [6.45, 7) is 5.96. The van der Waals surface area contributed by atoms with Gasteiger partial charge in [0.05, 0.1) is 6.61 Å².